The van der Waals surface area contributed by atoms with Crippen molar-refractivity contribution in [3.8, 4) is 0 Å². The first kappa shape index (κ1) is 17.4. The Kier molecular flexibility index (Phi) is 4.95. The quantitative estimate of drug-likeness (QED) is 0.855. The number of rotatable bonds is 3. The van der Waals surface area contributed by atoms with Crippen LogP contribution in [0.4, 0.5) is 0 Å². The third kappa shape index (κ3) is 3.08. The third-order valence-electron chi connectivity index (χ3n) is 5.21. The maximum Gasteiger partial charge on any atom is 0.243 e. The maximum absolute atomic E-state index is 13.1. The van der Waals surface area contributed by atoms with Crippen molar-refractivity contribution in [2.24, 2.45) is 5.92 Å². The lowest BCUT2D eigenvalue weighted by Crippen LogP contribution is -2.40. The molecule has 1 aliphatic heterocycles. The van der Waals surface area contributed by atoms with Gasteiger partial charge in [0.2, 0.25) is 10.0 Å². The Morgan fingerprint density at radius 1 is 1.17 bits per heavy atom. The van der Waals surface area contributed by atoms with Crippen molar-refractivity contribution in [3.05, 3.63) is 53.1 Å². The Bertz CT molecular complexity index is 762. The molecular weight excluding hydrogens is 322 g/mol. The van der Waals surface area contributed by atoms with Crippen molar-refractivity contribution in [1.82, 2.24) is 4.31 Å². The average molecular weight is 347 g/mol. The Hall–Kier alpha value is -1.43. The topological polar surface area (TPSA) is 57.6 Å². The molecule has 0 saturated carbocycles. The number of nitrogens with zero attached hydrogens (tertiary/aromatic N) is 1. The normalized spacial score (nSPS) is 29.8. The number of benzene rings is 1. The minimum absolute atomic E-state index is 0.111. The van der Waals surface area contributed by atoms with Crippen molar-refractivity contribution in [2.75, 3.05) is 13.2 Å². The fourth-order valence-corrected chi connectivity index (χ4v) is 5.40. The molecule has 0 spiro atoms. The van der Waals surface area contributed by atoms with E-state index in [9.17, 15) is 13.5 Å². The Morgan fingerprint density at radius 2 is 1.88 bits per heavy atom. The van der Waals surface area contributed by atoms with E-state index in [-0.39, 0.29) is 18.6 Å². The van der Waals surface area contributed by atoms with Crippen molar-refractivity contribution in [1.29, 1.82) is 0 Å². The van der Waals surface area contributed by atoms with Gasteiger partial charge in [-0.25, -0.2) is 8.42 Å². The molecule has 5 heteroatoms. The van der Waals surface area contributed by atoms with Crippen LogP contribution in [0.5, 0.6) is 0 Å². The van der Waals surface area contributed by atoms with E-state index in [1.54, 1.807) is 12.1 Å². The lowest BCUT2D eigenvalue weighted by Gasteiger charge is -2.26. The van der Waals surface area contributed by atoms with E-state index in [0.717, 1.165) is 24.8 Å². The van der Waals surface area contributed by atoms with Crippen LogP contribution in [0.1, 0.15) is 31.7 Å². The highest BCUT2D eigenvalue weighted by Crippen LogP contribution is 2.39. The summed E-state index contributed by atoms with van der Waals surface area (Å²) < 4.78 is 27.7. The molecule has 24 heavy (non-hydrogen) atoms. The highest BCUT2D eigenvalue weighted by atomic mass is 32.2. The van der Waals surface area contributed by atoms with Gasteiger partial charge >= 0.3 is 0 Å². The molecule has 1 N–H and O–H groups in total. The fraction of sp³-hybridized carbons (Fsp3) is 0.474. The van der Waals surface area contributed by atoms with Crippen LogP contribution in [-0.4, -0.2) is 37.0 Å². The molecule has 4 nitrogen and oxygen atoms in total. The van der Waals surface area contributed by atoms with Gasteiger partial charge in [0.1, 0.15) is 0 Å². The van der Waals surface area contributed by atoms with Crippen LogP contribution in [0.3, 0.4) is 0 Å². The van der Waals surface area contributed by atoms with E-state index in [1.807, 2.05) is 19.1 Å². The van der Waals surface area contributed by atoms with Gasteiger partial charge in [-0.3, -0.25) is 0 Å². The molecule has 2 atom stereocenters. The zero-order valence-electron chi connectivity index (χ0n) is 14.3. The molecular formula is C19H25NO3S. The van der Waals surface area contributed by atoms with Gasteiger partial charge in [-0.15, -0.1) is 0 Å². The highest BCUT2D eigenvalue weighted by molar-refractivity contribution is 7.89. The number of fused-ring (bicyclic) bond motifs is 1. The number of allylic oxidation sites excluding steroid dienone is 3. The van der Waals surface area contributed by atoms with Gasteiger partial charge in [0.25, 0.3) is 0 Å². The van der Waals surface area contributed by atoms with E-state index >= 15 is 0 Å². The van der Waals surface area contributed by atoms with E-state index in [0.29, 0.717) is 11.4 Å². The lowest BCUT2D eigenvalue weighted by atomic mass is 9.86. The van der Waals surface area contributed by atoms with E-state index in [2.05, 4.69) is 19.1 Å². The van der Waals surface area contributed by atoms with E-state index in [4.69, 9.17) is 0 Å². The van der Waals surface area contributed by atoms with Gasteiger partial charge < -0.3 is 5.11 Å². The van der Waals surface area contributed by atoms with Gasteiger partial charge in [-0.1, -0.05) is 41.0 Å². The van der Waals surface area contributed by atoms with Crippen molar-refractivity contribution < 1.29 is 13.5 Å². The molecule has 1 saturated heterocycles. The number of sulfonamides is 1. The first-order valence-corrected chi connectivity index (χ1v) is 9.92. The molecule has 3 rings (SSSR count). The van der Waals surface area contributed by atoms with E-state index in [1.165, 1.54) is 15.5 Å². The molecule has 0 amide bonds. The maximum atomic E-state index is 13.1. The third-order valence-corrected chi connectivity index (χ3v) is 7.09. The second-order valence-electron chi connectivity index (χ2n) is 6.78. The van der Waals surface area contributed by atoms with Crippen LogP contribution < -0.4 is 0 Å². The van der Waals surface area contributed by atoms with Crippen LogP contribution in [0, 0.1) is 12.8 Å². The molecule has 1 aliphatic carbocycles. The number of hydrogen-bond acceptors (Lipinski definition) is 3. The Labute approximate surface area is 144 Å². The second kappa shape index (κ2) is 6.82. The summed E-state index contributed by atoms with van der Waals surface area (Å²) in [5.41, 5.74) is 3.45. The predicted molar refractivity (Wildman–Crippen MR) is 95.1 cm³/mol. The molecule has 1 aromatic carbocycles. The van der Waals surface area contributed by atoms with Gasteiger partial charge in [0.15, 0.2) is 0 Å². The molecule has 0 bridgehead atoms. The zero-order chi connectivity index (χ0) is 17.3. The van der Waals surface area contributed by atoms with Crippen molar-refractivity contribution in [3.63, 3.8) is 0 Å². The molecule has 1 fully saturated rings. The van der Waals surface area contributed by atoms with Crippen LogP contribution >= 0.6 is 0 Å². The summed E-state index contributed by atoms with van der Waals surface area (Å²) in [5, 5.41) is 9.93. The summed E-state index contributed by atoms with van der Waals surface area (Å²) in [6, 6.07) is 6.57. The first-order chi connectivity index (χ1) is 11.4. The van der Waals surface area contributed by atoms with Gasteiger partial charge in [0, 0.05) is 12.5 Å². The SMILES string of the molecule is C/C1=C2\CN(S(=O)(=O)c3ccc(C)cc3)[C@H](CO)[C@@H]2CC/C=C\C1. The van der Waals surface area contributed by atoms with Crippen molar-refractivity contribution >= 4 is 10.0 Å². The minimum Gasteiger partial charge on any atom is -0.395 e. The Balaban J connectivity index is 2.00. The summed E-state index contributed by atoms with van der Waals surface area (Å²) in [5.74, 6) is 0.111. The number of aliphatic hydroxyl groups excluding tert-OH is 1. The number of aryl methyl sites for hydroxylation is 1. The average Bonchev–Trinajstić information content (AvgIpc) is 2.91. The summed E-state index contributed by atoms with van der Waals surface area (Å²) in [7, 11) is -3.60. The molecule has 130 valence electrons. The summed E-state index contributed by atoms with van der Waals surface area (Å²) in [6.07, 6.45) is 6.99. The second-order valence-corrected chi connectivity index (χ2v) is 8.67. The first-order valence-electron chi connectivity index (χ1n) is 8.48. The summed E-state index contributed by atoms with van der Waals surface area (Å²) >= 11 is 0. The number of aliphatic hydroxyl groups is 1. The molecule has 2 aliphatic rings. The lowest BCUT2D eigenvalue weighted by molar-refractivity contribution is 0.185. The molecule has 1 heterocycles. The standard InChI is InChI=1S/C19H25NO3S/c1-14-8-10-16(11-9-14)24(22,23)20-12-18-15(2)6-4-3-5-7-17(18)19(20)13-21/h3-4,8-11,17,19,21H,5-7,12-13H2,1-2H3/b4-3-,18-15-/t17-,19-/m1/s1. The van der Waals surface area contributed by atoms with Crippen LogP contribution in [0.15, 0.2) is 52.5 Å². The predicted octanol–water partition coefficient (Wildman–Crippen LogP) is 3.03. The summed E-state index contributed by atoms with van der Waals surface area (Å²) in [6.45, 7) is 4.27. The molecule has 1 aromatic rings. The zero-order valence-corrected chi connectivity index (χ0v) is 15.1. The van der Waals surface area contributed by atoms with Crippen molar-refractivity contribution in [2.45, 2.75) is 44.0 Å². The van der Waals surface area contributed by atoms with Crippen LogP contribution in [0.25, 0.3) is 0 Å². The Morgan fingerprint density at radius 3 is 2.54 bits per heavy atom. The van der Waals surface area contributed by atoms with Gasteiger partial charge in [0.05, 0.1) is 17.5 Å². The molecule has 0 aromatic heterocycles. The smallest absolute Gasteiger partial charge is 0.243 e. The minimum atomic E-state index is -3.60. The van der Waals surface area contributed by atoms with Gasteiger partial charge in [-0.2, -0.15) is 4.31 Å². The van der Waals surface area contributed by atoms with Crippen LogP contribution in [0.2, 0.25) is 0 Å². The summed E-state index contributed by atoms with van der Waals surface area (Å²) in [4.78, 5) is 0.303. The molecule has 0 unspecified atom stereocenters. The molecule has 0 radical (unpaired) electrons. The highest BCUT2D eigenvalue weighted by Gasteiger charge is 2.44. The van der Waals surface area contributed by atoms with Crippen LogP contribution in [-0.2, 0) is 10.0 Å². The van der Waals surface area contributed by atoms with E-state index < -0.39 is 10.0 Å². The van der Waals surface area contributed by atoms with Gasteiger partial charge in [-0.05, 0) is 45.2 Å². The largest absolute Gasteiger partial charge is 0.395 e. The fourth-order valence-electron chi connectivity index (χ4n) is 3.77. The number of hydrogen-bond donors (Lipinski definition) is 1. The monoisotopic (exact) mass is 347 g/mol.